The third-order valence-electron chi connectivity index (χ3n) is 5.34. The lowest BCUT2D eigenvalue weighted by Crippen LogP contribution is -2.53. The van der Waals surface area contributed by atoms with Gasteiger partial charge in [0, 0.05) is 31.0 Å². The highest BCUT2D eigenvalue weighted by atomic mass is 35.5. The van der Waals surface area contributed by atoms with E-state index in [1.54, 1.807) is 6.07 Å². The van der Waals surface area contributed by atoms with E-state index in [0.717, 1.165) is 12.1 Å². The van der Waals surface area contributed by atoms with Gasteiger partial charge in [0.05, 0.1) is 22.2 Å². The van der Waals surface area contributed by atoms with Crippen LogP contribution in [0.1, 0.15) is 18.4 Å². The minimum absolute atomic E-state index is 0.0988. The molecular formula is C19H17ClF3N3O2. The van der Waals surface area contributed by atoms with Crippen molar-refractivity contribution in [3.63, 3.8) is 0 Å². The van der Waals surface area contributed by atoms with Gasteiger partial charge in [-0.1, -0.05) is 11.6 Å². The summed E-state index contributed by atoms with van der Waals surface area (Å²) >= 11 is 6.12. The Morgan fingerprint density at radius 2 is 1.96 bits per heavy atom. The summed E-state index contributed by atoms with van der Waals surface area (Å²) in [5.41, 5.74) is 0.565. The Bertz CT molecular complexity index is 904. The van der Waals surface area contributed by atoms with Crippen LogP contribution in [0.4, 0.5) is 30.4 Å². The molecule has 2 aliphatic heterocycles. The Balaban J connectivity index is 1.72. The number of carboxylic acid groups (broad SMARTS) is 1. The molecule has 1 fully saturated rings. The average Bonchev–Trinajstić information content (AvgIpc) is 2.66. The molecule has 2 aliphatic rings. The normalized spacial score (nSPS) is 21.9. The fourth-order valence-electron chi connectivity index (χ4n) is 3.95. The number of benzene rings is 1. The minimum atomic E-state index is -4.40. The van der Waals surface area contributed by atoms with Gasteiger partial charge in [-0.3, -0.25) is 4.79 Å². The summed E-state index contributed by atoms with van der Waals surface area (Å²) in [4.78, 5) is 19.8. The summed E-state index contributed by atoms with van der Waals surface area (Å²) in [6.07, 6.45) is -1.90. The average molecular weight is 412 g/mol. The second-order valence-corrected chi connectivity index (χ2v) is 7.49. The Kier molecular flexibility index (Phi) is 4.61. The standard InChI is InChI=1S/C19H17ClF3N3O2/c20-13-8-16-17(24-9-13)25-6-5-11(18(27)28)7-15(25)10-26(16)14-3-1-12(2-4-14)19(21,22)23/h1-4,8-9,11,15H,5-7,10H2,(H,27,28). The monoisotopic (exact) mass is 411 g/mol. The van der Waals surface area contributed by atoms with Crippen molar-refractivity contribution in [3.05, 3.63) is 47.1 Å². The first-order valence-electron chi connectivity index (χ1n) is 8.84. The van der Waals surface area contributed by atoms with Crippen molar-refractivity contribution in [2.24, 2.45) is 5.92 Å². The zero-order valence-electron chi connectivity index (χ0n) is 14.7. The van der Waals surface area contributed by atoms with E-state index in [0.29, 0.717) is 48.1 Å². The number of halogens is 4. The lowest BCUT2D eigenvalue weighted by molar-refractivity contribution is -0.142. The summed E-state index contributed by atoms with van der Waals surface area (Å²) in [5, 5.41) is 9.80. The number of pyridine rings is 1. The number of aromatic nitrogens is 1. The summed E-state index contributed by atoms with van der Waals surface area (Å²) < 4.78 is 38.7. The fourth-order valence-corrected chi connectivity index (χ4v) is 4.10. The first-order valence-corrected chi connectivity index (χ1v) is 9.21. The largest absolute Gasteiger partial charge is 0.481 e. The highest BCUT2D eigenvalue weighted by Gasteiger charge is 2.39. The number of carbonyl (C=O) groups is 1. The Labute approximate surface area is 164 Å². The van der Waals surface area contributed by atoms with Crippen LogP contribution >= 0.6 is 11.6 Å². The smallest absolute Gasteiger partial charge is 0.416 e. The summed E-state index contributed by atoms with van der Waals surface area (Å²) in [5.74, 6) is -0.593. The van der Waals surface area contributed by atoms with E-state index in [-0.39, 0.29) is 6.04 Å². The molecule has 1 N–H and O–H groups in total. The van der Waals surface area contributed by atoms with Crippen molar-refractivity contribution in [2.75, 3.05) is 22.9 Å². The molecule has 2 unspecified atom stereocenters. The molecule has 9 heteroatoms. The van der Waals surface area contributed by atoms with E-state index in [2.05, 4.69) is 9.88 Å². The molecule has 2 atom stereocenters. The van der Waals surface area contributed by atoms with Gasteiger partial charge in [0.2, 0.25) is 0 Å². The van der Waals surface area contributed by atoms with Crippen molar-refractivity contribution in [3.8, 4) is 0 Å². The quantitative estimate of drug-likeness (QED) is 0.784. The van der Waals surface area contributed by atoms with E-state index in [9.17, 15) is 23.1 Å². The highest BCUT2D eigenvalue weighted by molar-refractivity contribution is 6.30. The molecule has 1 aromatic carbocycles. The second kappa shape index (κ2) is 6.84. The summed E-state index contributed by atoms with van der Waals surface area (Å²) in [6, 6.07) is 6.56. The second-order valence-electron chi connectivity index (χ2n) is 7.06. The molecule has 2 aromatic rings. The molecule has 0 spiro atoms. The van der Waals surface area contributed by atoms with Crippen LogP contribution in [0.15, 0.2) is 36.5 Å². The lowest BCUT2D eigenvalue weighted by atomic mass is 9.89. The van der Waals surface area contributed by atoms with Crippen molar-refractivity contribution in [2.45, 2.75) is 25.1 Å². The van der Waals surface area contributed by atoms with Crippen LogP contribution < -0.4 is 9.80 Å². The van der Waals surface area contributed by atoms with Crippen LogP contribution in [0.5, 0.6) is 0 Å². The fraction of sp³-hybridized carbons (Fsp3) is 0.368. The zero-order valence-corrected chi connectivity index (χ0v) is 15.4. The predicted octanol–water partition coefficient (Wildman–Crippen LogP) is 4.58. The minimum Gasteiger partial charge on any atom is -0.481 e. The summed E-state index contributed by atoms with van der Waals surface area (Å²) in [6.45, 7) is 1.01. The van der Waals surface area contributed by atoms with Gasteiger partial charge in [-0.05, 0) is 43.2 Å². The number of piperidine rings is 1. The third kappa shape index (κ3) is 3.37. The molecule has 0 saturated carbocycles. The maximum atomic E-state index is 12.9. The molecule has 0 aliphatic carbocycles. The number of alkyl halides is 3. The number of hydrogen-bond acceptors (Lipinski definition) is 4. The van der Waals surface area contributed by atoms with Gasteiger partial charge in [0.1, 0.15) is 0 Å². The van der Waals surface area contributed by atoms with Crippen LogP contribution in [-0.4, -0.2) is 35.2 Å². The number of anilines is 3. The first-order chi connectivity index (χ1) is 13.2. The SMILES string of the molecule is O=C(O)C1CCN2c3ncc(Cl)cc3N(c3ccc(C(F)(F)F)cc3)CC2C1. The van der Waals surface area contributed by atoms with Crippen molar-refractivity contribution < 1.29 is 23.1 Å². The Morgan fingerprint density at radius 3 is 2.61 bits per heavy atom. The number of fused-ring (bicyclic) bond motifs is 3. The van der Waals surface area contributed by atoms with Gasteiger partial charge in [0.15, 0.2) is 5.82 Å². The number of nitrogens with zero attached hydrogens (tertiary/aromatic N) is 3. The molecular weight excluding hydrogens is 395 g/mol. The van der Waals surface area contributed by atoms with Crippen LogP contribution in [-0.2, 0) is 11.0 Å². The number of carboxylic acids is 1. The van der Waals surface area contributed by atoms with E-state index in [1.807, 2.05) is 4.90 Å². The number of hydrogen-bond donors (Lipinski definition) is 1. The van der Waals surface area contributed by atoms with Gasteiger partial charge in [0.25, 0.3) is 0 Å². The molecule has 5 nitrogen and oxygen atoms in total. The van der Waals surface area contributed by atoms with Crippen LogP contribution in [0, 0.1) is 5.92 Å². The molecule has 1 saturated heterocycles. The van der Waals surface area contributed by atoms with Crippen LogP contribution in [0.2, 0.25) is 5.02 Å². The maximum Gasteiger partial charge on any atom is 0.416 e. The van der Waals surface area contributed by atoms with Crippen LogP contribution in [0.3, 0.4) is 0 Å². The molecule has 0 bridgehead atoms. The lowest BCUT2D eigenvalue weighted by Gasteiger charge is -2.47. The number of aliphatic carboxylic acids is 1. The molecule has 1 aromatic heterocycles. The number of rotatable bonds is 2. The van der Waals surface area contributed by atoms with E-state index >= 15 is 0 Å². The van der Waals surface area contributed by atoms with E-state index in [1.165, 1.54) is 18.3 Å². The van der Waals surface area contributed by atoms with Gasteiger partial charge in [-0.15, -0.1) is 0 Å². The van der Waals surface area contributed by atoms with Crippen LogP contribution in [0.25, 0.3) is 0 Å². The molecule has 4 rings (SSSR count). The maximum absolute atomic E-state index is 12.9. The molecule has 0 radical (unpaired) electrons. The Hall–Kier alpha value is -2.48. The van der Waals surface area contributed by atoms with Gasteiger partial charge in [-0.2, -0.15) is 13.2 Å². The molecule has 3 heterocycles. The highest BCUT2D eigenvalue weighted by Crippen LogP contribution is 2.43. The first kappa shape index (κ1) is 18.9. The molecule has 28 heavy (non-hydrogen) atoms. The van der Waals surface area contributed by atoms with E-state index in [4.69, 9.17) is 11.6 Å². The predicted molar refractivity (Wildman–Crippen MR) is 99.2 cm³/mol. The van der Waals surface area contributed by atoms with Gasteiger partial charge >= 0.3 is 12.1 Å². The summed E-state index contributed by atoms with van der Waals surface area (Å²) in [7, 11) is 0. The Morgan fingerprint density at radius 1 is 1.25 bits per heavy atom. The topological polar surface area (TPSA) is 56.7 Å². The third-order valence-corrected chi connectivity index (χ3v) is 5.55. The molecule has 0 amide bonds. The van der Waals surface area contributed by atoms with Crippen molar-refractivity contribution in [1.29, 1.82) is 0 Å². The van der Waals surface area contributed by atoms with Gasteiger partial charge in [-0.25, -0.2) is 4.98 Å². The molecule has 148 valence electrons. The zero-order chi connectivity index (χ0) is 20.1. The van der Waals surface area contributed by atoms with E-state index < -0.39 is 23.6 Å². The van der Waals surface area contributed by atoms with Gasteiger partial charge < -0.3 is 14.9 Å². The van der Waals surface area contributed by atoms with Crippen molar-refractivity contribution >= 4 is 34.8 Å². The van der Waals surface area contributed by atoms with Crippen molar-refractivity contribution in [1.82, 2.24) is 4.98 Å².